The number of nitrogens with zero attached hydrogens (tertiary/aromatic N) is 2. The van der Waals surface area contributed by atoms with Crippen LogP contribution in [0.3, 0.4) is 0 Å². The average Bonchev–Trinajstić information content (AvgIpc) is 2.74. The molecule has 2 aromatic rings. The fraction of sp³-hybridized carbons (Fsp3) is 0.250. The van der Waals surface area contributed by atoms with Gasteiger partial charge in [-0.15, -0.1) is 0 Å². The van der Waals surface area contributed by atoms with Gasteiger partial charge in [-0.1, -0.05) is 12.1 Å². The summed E-state index contributed by atoms with van der Waals surface area (Å²) in [5, 5.41) is 0. The molecule has 0 saturated heterocycles. The number of hydrogen-bond acceptors (Lipinski definition) is 2. The fourth-order valence-electron chi connectivity index (χ4n) is 1.57. The number of nitrogen functional groups attached to an aromatic ring is 1. The monoisotopic (exact) mass is 201 g/mol. The molecule has 2 N–H and O–H groups in total. The van der Waals surface area contributed by atoms with Gasteiger partial charge in [0.1, 0.15) is 0 Å². The Balaban J connectivity index is 1.81. The van der Waals surface area contributed by atoms with E-state index >= 15 is 0 Å². The van der Waals surface area contributed by atoms with Gasteiger partial charge in [0, 0.05) is 24.6 Å². The quantitative estimate of drug-likeness (QED) is 0.770. The molecule has 0 radical (unpaired) electrons. The third-order valence-corrected chi connectivity index (χ3v) is 2.42. The van der Waals surface area contributed by atoms with Crippen LogP contribution in [-0.2, 0) is 13.0 Å². The highest BCUT2D eigenvalue weighted by Gasteiger charge is 1.94. The lowest BCUT2D eigenvalue weighted by atomic mass is 10.1. The molecule has 1 aromatic heterocycles. The normalized spacial score (nSPS) is 10.4. The van der Waals surface area contributed by atoms with Crippen molar-refractivity contribution in [3.63, 3.8) is 0 Å². The zero-order valence-electron chi connectivity index (χ0n) is 8.63. The van der Waals surface area contributed by atoms with E-state index in [0.717, 1.165) is 25.1 Å². The number of nitrogens with two attached hydrogens (primary N) is 1. The SMILES string of the molecule is Nc1ccc(CCCn2ccnc2)cc1. The molecule has 78 valence electrons. The topological polar surface area (TPSA) is 43.8 Å². The molecule has 0 bridgehead atoms. The van der Waals surface area contributed by atoms with Crippen LogP contribution in [-0.4, -0.2) is 9.55 Å². The minimum Gasteiger partial charge on any atom is -0.399 e. The van der Waals surface area contributed by atoms with Crippen molar-refractivity contribution < 1.29 is 0 Å². The maximum Gasteiger partial charge on any atom is 0.0945 e. The Morgan fingerprint density at radius 2 is 2.00 bits per heavy atom. The molecule has 0 atom stereocenters. The highest BCUT2D eigenvalue weighted by atomic mass is 15.0. The first kappa shape index (κ1) is 9.77. The van der Waals surface area contributed by atoms with Crippen LogP contribution in [0.1, 0.15) is 12.0 Å². The van der Waals surface area contributed by atoms with E-state index in [1.165, 1.54) is 5.56 Å². The molecule has 1 aromatic carbocycles. The van der Waals surface area contributed by atoms with Crippen LogP contribution < -0.4 is 5.73 Å². The summed E-state index contributed by atoms with van der Waals surface area (Å²) in [5.41, 5.74) is 7.78. The Morgan fingerprint density at radius 1 is 1.20 bits per heavy atom. The molecule has 0 amide bonds. The second-order valence-electron chi connectivity index (χ2n) is 3.65. The van der Waals surface area contributed by atoms with Crippen LogP contribution in [0.5, 0.6) is 0 Å². The maximum absolute atomic E-state index is 5.62. The van der Waals surface area contributed by atoms with E-state index in [9.17, 15) is 0 Å². The van der Waals surface area contributed by atoms with Crippen molar-refractivity contribution in [1.29, 1.82) is 0 Å². The summed E-state index contributed by atoms with van der Waals surface area (Å²) in [4.78, 5) is 4.01. The molecule has 0 spiro atoms. The lowest BCUT2D eigenvalue weighted by molar-refractivity contribution is 0.642. The molecule has 3 heteroatoms. The minimum absolute atomic E-state index is 0.827. The molecule has 0 fully saturated rings. The molecule has 2 rings (SSSR count). The summed E-state index contributed by atoms with van der Waals surface area (Å²) in [6.07, 6.45) is 7.86. The second kappa shape index (κ2) is 4.64. The smallest absolute Gasteiger partial charge is 0.0945 e. The fourth-order valence-corrected chi connectivity index (χ4v) is 1.57. The summed E-state index contributed by atoms with van der Waals surface area (Å²) in [6, 6.07) is 8.07. The summed E-state index contributed by atoms with van der Waals surface area (Å²) in [7, 11) is 0. The Bertz CT molecular complexity index is 389. The number of hydrogen-bond donors (Lipinski definition) is 1. The lowest BCUT2D eigenvalue weighted by Crippen LogP contribution is -1.96. The van der Waals surface area contributed by atoms with Crippen molar-refractivity contribution >= 4 is 5.69 Å². The van der Waals surface area contributed by atoms with Crippen molar-refractivity contribution in [3.8, 4) is 0 Å². The van der Waals surface area contributed by atoms with Crippen LogP contribution in [0.4, 0.5) is 5.69 Å². The van der Waals surface area contributed by atoms with Crippen molar-refractivity contribution in [3.05, 3.63) is 48.5 Å². The van der Waals surface area contributed by atoms with Gasteiger partial charge in [-0.3, -0.25) is 0 Å². The molecule has 0 aliphatic carbocycles. The van der Waals surface area contributed by atoms with Gasteiger partial charge < -0.3 is 10.3 Å². The number of imidazole rings is 1. The van der Waals surface area contributed by atoms with Crippen LogP contribution in [0.2, 0.25) is 0 Å². The number of aromatic nitrogens is 2. The van der Waals surface area contributed by atoms with Gasteiger partial charge >= 0.3 is 0 Å². The number of aryl methyl sites for hydroxylation is 2. The summed E-state index contributed by atoms with van der Waals surface area (Å²) >= 11 is 0. The van der Waals surface area contributed by atoms with Crippen molar-refractivity contribution in [2.75, 3.05) is 5.73 Å². The van der Waals surface area contributed by atoms with E-state index in [4.69, 9.17) is 5.73 Å². The molecule has 0 saturated carbocycles. The zero-order valence-corrected chi connectivity index (χ0v) is 8.63. The third kappa shape index (κ3) is 2.84. The number of benzene rings is 1. The van der Waals surface area contributed by atoms with Gasteiger partial charge in [-0.25, -0.2) is 4.98 Å². The lowest BCUT2D eigenvalue weighted by Gasteiger charge is -2.03. The average molecular weight is 201 g/mol. The Morgan fingerprint density at radius 3 is 2.67 bits per heavy atom. The van der Waals surface area contributed by atoms with E-state index in [2.05, 4.69) is 21.7 Å². The first-order valence-electron chi connectivity index (χ1n) is 5.15. The van der Waals surface area contributed by atoms with Gasteiger partial charge in [0.15, 0.2) is 0 Å². The standard InChI is InChI=1S/C12H15N3/c13-12-5-3-11(4-6-12)2-1-8-15-9-7-14-10-15/h3-7,9-10H,1-2,8,13H2. The van der Waals surface area contributed by atoms with Crippen molar-refractivity contribution in [2.45, 2.75) is 19.4 Å². The first-order valence-corrected chi connectivity index (χ1v) is 5.15. The van der Waals surface area contributed by atoms with Crippen LogP contribution in [0.15, 0.2) is 43.0 Å². The third-order valence-electron chi connectivity index (χ3n) is 2.42. The zero-order chi connectivity index (χ0) is 10.5. The van der Waals surface area contributed by atoms with Gasteiger partial charge in [-0.05, 0) is 30.5 Å². The number of anilines is 1. The largest absolute Gasteiger partial charge is 0.399 e. The molecular weight excluding hydrogens is 186 g/mol. The van der Waals surface area contributed by atoms with Gasteiger partial charge in [0.05, 0.1) is 6.33 Å². The first-order chi connectivity index (χ1) is 7.34. The highest BCUT2D eigenvalue weighted by molar-refractivity contribution is 5.39. The molecule has 0 aliphatic rings. The van der Waals surface area contributed by atoms with E-state index in [0.29, 0.717) is 0 Å². The maximum atomic E-state index is 5.62. The van der Waals surface area contributed by atoms with Crippen LogP contribution in [0, 0.1) is 0 Å². The predicted molar refractivity (Wildman–Crippen MR) is 61.4 cm³/mol. The Kier molecular flexibility index (Phi) is 3.02. The predicted octanol–water partition coefficient (Wildman–Crippen LogP) is 2.10. The summed E-state index contributed by atoms with van der Waals surface area (Å²) in [6.45, 7) is 1.02. The van der Waals surface area contributed by atoms with Gasteiger partial charge in [0.2, 0.25) is 0 Å². The Labute approximate surface area is 89.6 Å². The second-order valence-corrected chi connectivity index (χ2v) is 3.65. The van der Waals surface area contributed by atoms with E-state index in [1.54, 1.807) is 0 Å². The molecular formula is C12H15N3. The molecule has 3 nitrogen and oxygen atoms in total. The van der Waals surface area contributed by atoms with Crippen LogP contribution >= 0.6 is 0 Å². The highest BCUT2D eigenvalue weighted by Crippen LogP contribution is 2.08. The minimum atomic E-state index is 0.827. The molecule has 0 unspecified atom stereocenters. The van der Waals surface area contributed by atoms with E-state index in [-0.39, 0.29) is 0 Å². The van der Waals surface area contributed by atoms with Crippen molar-refractivity contribution in [1.82, 2.24) is 9.55 Å². The Hall–Kier alpha value is -1.77. The summed E-state index contributed by atoms with van der Waals surface area (Å²) < 4.78 is 2.09. The van der Waals surface area contributed by atoms with E-state index < -0.39 is 0 Å². The van der Waals surface area contributed by atoms with E-state index in [1.807, 2.05) is 30.9 Å². The molecule has 0 aliphatic heterocycles. The molecule has 15 heavy (non-hydrogen) atoms. The van der Waals surface area contributed by atoms with Crippen LogP contribution in [0.25, 0.3) is 0 Å². The van der Waals surface area contributed by atoms with Crippen molar-refractivity contribution in [2.24, 2.45) is 0 Å². The molecule has 1 heterocycles. The van der Waals surface area contributed by atoms with Gasteiger partial charge in [0.25, 0.3) is 0 Å². The van der Waals surface area contributed by atoms with Gasteiger partial charge in [-0.2, -0.15) is 0 Å². The summed E-state index contributed by atoms with van der Waals surface area (Å²) in [5.74, 6) is 0. The number of rotatable bonds is 4.